The molecule has 0 N–H and O–H groups in total. The molecule has 0 aliphatic carbocycles. The molecule has 6 nitrogen and oxygen atoms in total. The van der Waals surface area contributed by atoms with Crippen LogP contribution in [0.15, 0.2) is 30.3 Å². The van der Waals surface area contributed by atoms with Crippen LogP contribution in [0.3, 0.4) is 0 Å². The Hall–Kier alpha value is -1.61. The molecule has 10 heteroatoms. The molecule has 0 atom stereocenters. The number of morpholine rings is 1. The van der Waals surface area contributed by atoms with Crippen molar-refractivity contribution in [1.82, 2.24) is 9.88 Å². The Bertz CT molecular complexity index is 1100. The minimum atomic E-state index is -0.217. The van der Waals surface area contributed by atoms with E-state index >= 15 is 0 Å². The Morgan fingerprint density at radius 1 is 1.19 bits per heavy atom. The van der Waals surface area contributed by atoms with Crippen LogP contribution < -0.4 is 9.64 Å². The van der Waals surface area contributed by atoms with Crippen LogP contribution in [0.25, 0.3) is 10.2 Å². The first-order valence-electron chi connectivity index (χ1n) is 10.2. The van der Waals surface area contributed by atoms with Crippen molar-refractivity contribution in [1.29, 1.82) is 0 Å². The molecule has 1 saturated heterocycles. The summed E-state index contributed by atoms with van der Waals surface area (Å²) in [5.41, 5.74) is 1.04. The maximum atomic E-state index is 13.5. The van der Waals surface area contributed by atoms with E-state index in [1.807, 2.05) is 0 Å². The van der Waals surface area contributed by atoms with Gasteiger partial charge in [0.2, 0.25) is 0 Å². The summed E-state index contributed by atoms with van der Waals surface area (Å²) in [4.78, 5) is 22.2. The standard InChI is InChI=1S/C22H22Cl3N3O3S/c1-30-18-4-3-17(25)20-19(18)26-22(32-20)28(6-2-5-27-7-9-31-10-8-27)21(29)14-11-15(23)13-16(24)12-14/h3-4,11-13H,2,5-10H2,1H3. The molecule has 1 aliphatic rings. The van der Waals surface area contributed by atoms with Crippen LogP contribution in [-0.4, -0.2) is 62.3 Å². The molecule has 2 aromatic carbocycles. The maximum Gasteiger partial charge on any atom is 0.260 e. The van der Waals surface area contributed by atoms with E-state index in [-0.39, 0.29) is 5.91 Å². The van der Waals surface area contributed by atoms with E-state index < -0.39 is 0 Å². The summed E-state index contributed by atoms with van der Waals surface area (Å²) in [6.45, 7) is 4.61. The van der Waals surface area contributed by atoms with Crippen LogP contribution in [0.5, 0.6) is 5.75 Å². The van der Waals surface area contributed by atoms with Gasteiger partial charge in [0.1, 0.15) is 11.3 Å². The lowest BCUT2D eigenvalue weighted by atomic mass is 10.2. The summed E-state index contributed by atoms with van der Waals surface area (Å²) >= 11 is 20.1. The van der Waals surface area contributed by atoms with Gasteiger partial charge < -0.3 is 9.47 Å². The smallest absolute Gasteiger partial charge is 0.260 e. The molecular formula is C22H22Cl3N3O3S. The molecule has 32 heavy (non-hydrogen) atoms. The first-order chi connectivity index (χ1) is 15.5. The van der Waals surface area contributed by atoms with Gasteiger partial charge >= 0.3 is 0 Å². The van der Waals surface area contributed by atoms with Crippen molar-refractivity contribution in [2.45, 2.75) is 6.42 Å². The van der Waals surface area contributed by atoms with Crippen molar-refractivity contribution < 1.29 is 14.3 Å². The molecule has 170 valence electrons. The van der Waals surface area contributed by atoms with Crippen molar-refractivity contribution in [3.05, 3.63) is 51.0 Å². The predicted octanol–water partition coefficient (Wildman–Crippen LogP) is 5.63. The summed E-state index contributed by atoms with van der Waals surface area (Å²) in [6.07, 6.45) is 0.779. The second kappa shape index (κ2) is 10.5. The molecule has 3 aromatic rings. The number of carbonyl (C=O) groups excluding carboxylic acids is 1. The lowest BCUT2D eigenvalue weighted by Gasteiger charge is -2.27. The summed E-state index contributed by atoms with van der Waals surface area (Å²) < 4.78 is 11.6. The highest BCUT2D eigenvalue weighted by atomic mass is 35.5. The van der Waals surface area contributed by atoms with Crippen molar-refractivity contribution in [2.24, 2.45) is 0 Å². The maximum absolute atomic E-state index is 13.5. The van der Waals surface area contributed by atoms with Crippen molar-refractivity contribution >= 4 is 67.4 Å². The Kier molecular flexibility index (Phi) is 7.76. The van der Waals surface area contributed by atoms with Gasteiger partial charge in [-0.3, -0.25) is 14.6 Å². The fourth-order valence-electron chi connectivity index (χ4n) is 3.62. The van der Waals surface area contributed by atoms with Gasteiger partial charge in [0.15, 0.2) is 5.13 Å². The highest BCUT2D eigenvalue weighted by Crippen LogP contribution is 2.39. The van der Waals surface area contributed by atoms with Crippen LogP contribution >= 0.6 is 46.1 Å². The highest BCUT2D eigenvalue weighted by Gasteiger charge is 2.24. The number of anilines is 1. The molecule has 1 aliphatic heterocycles. The van der Waals surface area contributed by atoms with Gasteiger partial charge in [0.05, 0.1) is 30.0 Å². The molecule has 1 fully saturated rings. The van der Waals surface area contributed by atoms with Crippen LogP contribution in [-0.2, 0) is 4.74 Å². The Balaban J connectivity index is 1.65. The number of fused-ring (bicyclic) bond motifs is 1. The average Bonchev–Trinajstić information content (AvgIpc) is 3.23. The van der Waals surface area contributed by atoms with E-state index in [0.29, 0.717) is 43.6 Å². The Morgan fingerprint density at radius 2 is 1.91 bits per heavy atom. The number of thiazole rings is 1. The first-order valence-corrected chi connectivity index (χ1v) is 12.1. The number of halogens is 3. The molecule has 2 heterocycles. The van der Waals surface area contributed by atoms with E-state index in [2.05, 4.69) is 4.90 Å². The van der Waals surface area contributed by atoms with Crippen LogP contribution in [0.4, 0.5) is 5.13 Å². The zero-order chi connectivity index (χ0) is 22.7. The van der Waals surface area contributed by atoms with E-state index in [1.54, 1.807) is 42.3 Å². The fraction of sp³-hybridized carbons (Fsp3) is 0.364. The lowest BCUT2D eigenvalue weighted by Crippen LogP contribution is -2.39. The lowest BCUT2D eigenvalue weighted by molar-refractivity contribution is 0.0376. The second-order valence-electron chi connectivity index (χ2n) is 7.35. The monoisotopic (exact) mass is 513 g/mol. The van der Waals surface area contributed by atoms with E-state index in [9.17, 15) is 4.79 Å². The van der Waals surface area contributed by atoms with Gasteiger partial charge in [-0.25, -0.2) is 4.98 Å². The van der Waals surface area contributed by atoms with E-state index in [4.69, 9.17) is 49.3 Å². The largest absolute Gasteiger partial charge is 0.494 e. The molecular weight excluding hydrogens is 493 g/mol. The molecule has 1 amide bonds. The number of rotatable bonds is 7. The second-order valence-corrected chi connectivity index (χ2v) is 9.60. The number of benzene rings is 2. The zero-order valence-corrected chi connectivity index (χ0v) is 20.5. The number of aromatic nitrogens is 1. The van der Waals surface area contributed by atoms with Crippen LogP contribution in [0.2, 0.25) is 15.1 Å². The molecule has 0 bridgehead atoms. The topological polar surface area (TPSA) is 54.9 Å². The number of ether oxygens (including phenoxy) is 2. The quantitative estimate of drug-likeness (QED) is 0.409. The summed E-state index contributed by atoms with van der Waals surface area (Å²) in [5, 5.41) is 1.93. The Morgan fingerprint density at radius 3 is 2.59 bits per heavy atom. The normalized spacial score (nSPS) is 14.6. The van der Waals surface area contributed by atoms with Crippen molar-refractivity contribution in [2.75, 3.05) is 51.4 Å². The van der Waals surface area contributed by atoms with E-state index in [1.165, 1.54) is 11.3 Å². The number of nitrogens with zero attached hydrogens (tertiary/aromatic N) is 3. The molecule has 4 rings (SSSR count). The molecule has 0 radical (unpaired) electrons. The highest BCUT2D eigenvalue weighted by molar-refractivity contribution is 7.23. The number of hydrogen-bond acceptors (Lipinski definition) is 6. The van der Waals surface area contributed by atoms with Gasteiger partial charge in [0.25, 0.3) is 5.91 Å². The third-order valence-corrected chi connectivity index (χ3v) is 7.19. The first kappa shape index (κ1) is 23.5. The predicted molar refractivity (Wildman–Crippen MR) is 131 cm³/mol. The molecule has 0 spiro atoms. The molecule has 0 unspecified atom stereocenters. The van der Waals surface area contributed by atoms with Crippen molar-refractivity contribution in [3.8, 4) is 5.75 Å². The van der Waals surface area contributed by atoms with Gasteiger partial charge in [-0.1, -0.05) is 46.1 Å². The van der Waals surface area contributed by atoms with Gasteiger partial charge in [-0.15, -0.1) is 0 Å². The fourth-order valence-corrected chi connectivity index (χ4v) is 5.42. The molecule has 1 aromatic heterocycles. The van der Waals surface area contributed by atoms with E-state index in [0.717, 1.165) is 44.0 Å². The Labute approximate surface area is 205 Å². The number of carbonyl (C=O) groups is 1. The minimum Gasteiger partial charge on any atom is -0.494 e. The van der Waals surface area contributed by atoms with Crippen molar-refractivity contribution in [3.63, 3.8) is 0 Å². The zero-order valence-electron chi connectivity index (χ0n) is 17.4. The number of amides is 1. The summed E-state index contributed by atoms with van der Waals surface area (Å²) in [5.74, 6) is 0.393. The van der Waals surface area contributed by atoms with Gasteiger partial charge in [-0.2, -0.15) is 0 Å². The minimum absolute atomic E-state index is 0.217. The SMILES string of the molecule is COc1ccc(Cl)c2sc(N(CCCN3CCOCC3)C(=O)c3cc(Cl)cc(Cl)c3)nc12. The van der Waals surface area contributed by atoms with Crippen LogP contribution in [0, 0.1) is 0 Å². The van der Waals surface area contributed by atoms with Gasteiger partial charge in [0, 0.05) is 41.8 Å². The number of hydrogen-bond donors (Lipinski definition) is 0. The average molecular weight is 515 g/mol. The van der Waals surface area contributed by atoms with Crippen LogP contribution in [0.1, 0.15) is 16.8 Å². The van der Waals surface area contributed by atoms with Gasteiger partial charge in [-0.05, 0) is 36.8 Å². The molecule has 0 saturated carbocycles. The third-order valence-electron chi connectivity index (χ3n) is 5.21. The third kappa shape index (κ3) is 5.30. The summed E-state index contributed by atoms with van der Waals surface area (Å²) in [7, 11) is 1.58. The summed E-state index contributed by atoms with van der Waals surface area (Å²) in [6, 6.07) is 8.38. The number of methoxy groups -OCH3 is 1.